The van der Waals surface area contributed by atoms with Crippen LogP contribution in [0.3, 0.4) is 0 Å². The fourth-order valence-corrected chi connectivity index (χ4v) is 1.88. The molecule has 3 heteroatoms. The Balaban J connectivity index is 1.94. The van der Waals surface area contributed by atoms with Crippen LogP contribution in [0.15, 0.2) is 24.3 Å². The molecule has 0 aromatic heterocycles. The zero-order chi connectivity index (χ0) is 10.7. The maximum absolute atomic E-state index is 10.9. The minimum absolute atomic E-state index is 0.0930. The van der Waals surface area contributed by atoms with Crippen molar-refractivity contribution in [1.82, 2.24) is 10.6 Å². The summed E-state index contributed by atoms with van der Waals surface area (Å²) in [7, 11) is 0. The van der Waals surface area contributed by atoms with E-state index in [2.05, 4.69) is 41.8 Å². The van der Waals surface area contributed by atoms with Gasteiger partial charge in [-0.25, -0.2) is 0 Å². The highest BCUT2D eigenvalue weighted by molar-refractivity contribution is 5.78. The number of aryl methyl sites for hydroxylation is 1. The van der Waals surface area contributed by atoms with E-state index < -0.39 is 0 Å². The minimum Gasteiger partial charge on any atom is -0.353 e. The second-order valence-electron chi connectivity index (χ2n) is 4.08. The van der Waals surface area contributed by atoms with Crippen molar-refractivity contribution in [1.29, 1.82) is 0 Å². The fourth-order valence-electron chi connectivity index (χ4n) is 1.88. The van der Waals surface area contributed by atoms with Crippen LogP contribution in [0.2, 0.25) is 0 Å². The van der Waals surface area contributed by atoms with Crippen molar-refractivity contribution in [2.24, 2.45) is 0 Å². The number of amides is 1. The summed E-state index contributed by atoms with van der Waals surface area (Å²) in [6, 6.07) is 8.86. The average molecular weight is 204 g/mol. The lowest BCUT2D eigenvalue weighted by Crippen LogP contribution is -2.52. The summed E-state index contributed by atoms with van der Waals surface area (Å²) in [4.78, 5) is 10.9. The molecule has 2 N–H and O–H groups in total. The Labute approximate surface area is 89.9 Å². The Hall–Kier alpha value is -1.35. The molecule has 3 nitrogen and oxygen atoms in total. The highest BCUT2D eigenvalue weighted by Crippen LogP contribution is 2.07. The number of benzene rings is 1. The first kappa shape index (κ1) is 10.2. The molecule has 1 saturated heterocycles. The molecule has 1 aromatic rings. The summed E-state index contributed by atoms with van der Waals surface area (Å²) in [5.74, 6) is 0.0930. The van der Waals surface area contributed by atoms with Gasteiger partial charge in [-0.15, -0.1) is 0 Å². The third kappa shape index (κ3) is 2.80. The Morgan fingerprint density at radius 2 is 2.33 bits per heavy atom. The maximum atomic E-state index is 10.9. The number of nitrogens with one attached hydrogen (secondary N) is 2. The van der Waals surface area contributed by atoms with Crippen molar-refractivity contribution in [2.45, 2.75) is 19.4 Å². The van der Waals surface area contributed by atoms with Crippen LogP contribution in [-0.2, 0) is 11.2 Å². The zero-order valence-electron chi connectivity index (χ0n) is 8.92. The summed E-state index contributed by atoms with van der Waals surface area (Å²) in [5, 5.41) is 6.09. The molecule has 0 aliphatic carbocycles. The fraction of sp³-hybridized carbons (Fsp3) is 0.417. The van der Waals surface area contributed by atoms with Crippen LogP contribution in [0.25, 0.3) is 0 Å². The van der Waals surface area contributed by atoms with Gasteiger partial charge in [0.1, 0.15) is 0 Å². The molecule has 1 unspecified atom stereocenters. The van der Waals surface area contributed by atoms with E-state index in [0.717, 1.165) is 13.0 Å². The summed E-state index contributed by atoms with van der Waals surface area (Å²) in [6.07, 6.45) is 0.974. The van der Waals surface area contributed by atoms with Crippen LogP contribution in [0.1, 0.15) is 11.1 Å². The first-order valence-corrected chi connectivity index (χ1v) is 5.29. The van der Waals surface area contributed by atoms with E-state index >= 15 is 0 Å². The molecule has 15 heavy (non-hydrogen) atoms. The van der Waals surface area contributed by atoms with Gasteiger partial charge in [-0.3, -0.25) is 4.79 Å². The molecule has 1 aliphatic rings. The molecule has 2 rings (SSSR count). The van der Waals surface area contributed by atoms with Gasteiger partial charge in [0.15, 0.2) is 0 Å². The SMILES string of the molecule is Cc1cccc(CC2CNC(=O)CN2)c1. The third-order valence-electron chi connectivity index (χ3n) is 2.66. The number of carbonyl (C=O) groups excluding carboxylic acids is 1. The number of carbonyl (C=O) groups is 1. The van der Waals surface area contributed by atoms with Crippen LogP contribution in [0, 0.1) is 6.92 Å². The largest absolute Gasteiger partial charge is 0.353 e. The molecule has 1 heterocycles. The lowest BCUT2D eigenvalue weighted by molar-refractivity contribution is -0.121. The monoisotopic (exact) mass is 204 g/mol. The molecule has 0 bridgehead atoms. The average Bonchev–Trinajstić information content (AvgIpc) is 2.22. The number of rotatable bonds is 2. The van der Waals surface area contributed by atoms with Crippen molar-refractivity contribution in [2.75, 3.05) is 13.1 Å². The van der Waals surface area contributed by atoms with E-state index in [-0.39, 0.29) is 5.91 Å². The second-order valence-corrected chi connectivity index (χ2v) is 4.08. The lowest BCUT2D eigenvalue weighted by Gasteiger charge is -2.24. The third-order valence-corrected chi connectivity index (χ3v) is 2.66. The van der Waals surface area contributed by atoms with Gasteiger partial charge in [-0.1, -0.05) is 29.8 Å². The van der Waals surface area contributed by atoms with Gasteiger partial charge in [-0.05, 0) is 18.9 Å². The first-order valence-electron chi connectivity index (χ1n) is 5.29. The van der Waals surface area contributed by atoms with Gasteiger partial charge in [0, 0.05) is 12.6 Å². The maximum Gasteiger partial charge on any atom is 0.234 e. The number of hydrogen-bond donors (Lipinski definition) is 2. The van der Waals surface area contributed by atoms with E-state index in [1.807, 2.05) is 0 Å². The predicted octanol–water partition coefficient (Wildman–Crippen LogP) is 0.626. The van der Waals surface area contributed by atoms with Gasteiger partial charge < -0.3 is 10.6 Å². The van der Waals surface area contributed by atoms with Crippen molar-refractivity contribution >= 4 is 5.91 Å². The highest BCUT2D eigenvalue weighted by Gasteiger charge is 2.16. The van der Waals surface area contributed by atoms with Crippen molar-refractivity contribution < 1.29 is 4.79 Å². The number of hydrogen-bond acceptors (Lipinski definition) is 2. The Bertz CT molecular complexity index is 352. The first-order chi connectivity index (χ1) is 7.24. The van der Waals surface area contributed by atoms with Crippen LogP contribution < -0.4 is 10.6 Å². The Kier molecular flexibility index (Phi) is 3.02. The molecule has 0 saturated carbocycles. The van der Waals surface area contributed by atoms with E-state index in [0.29, 0.717) is 12.6 Å². The summed E-state index contributed by atoms with van der Waals surface area (Å²) < 4.78 is 0. The van der Waals surface area contributed by atoms with Crippen LogP contribution in [-0.4, -0.2) is 25.0 Å². The molecule has 1 amide bonds. The van der Waals surface area contributed by atoms with Crippen molar-refractivity contribution in [3.8, 4) is 0 Å². The molecular weight excluding hydrogens is 188 g/mol. The zero-order valence-corrected chi connectivity index (χ0v) is 8.92. The van der Waals surface area contributed by atoms with Crippen molar-refractivity contribution in [3.63, 3.8) is 0 Å². The van der Waals surface area contributed by atoms with E-state index in [1.165, 1.54) is 11.1 Å². The Morgan fingerprint density at radius 1 is 1.47 bits per heavy atom. The van der Waals surface area contributed by atoms with Gasteiger partial charge in [0.25, 0.3) is 0 Å². The molecule has 1 fully saturated rings. The smallest absolute Gasteiger partial charge is 0.234 e. The highest BCUT2D eigenvalue weighted by atomic mass is 16.2. The van der Waals surface area contributed by atoms with Gasteiger partial charge in [-0.2, -0.15) is 0 Å². The quantitative estimate of drug-likeness (QED) is 0.741. The van der Waals surface area contributed by atoms with E-state index in [1.54, 1.807) is 0 Å². The van der Waals surface area contributed by atoms with Crippen LogP contribution in [0.5, 0.6) is 0 Å². The van der Waals surface area contributed by atoms with Gasteiger partial charge in [0.2, 0.25) is 5.91 Å². The minimum atomic E-state index is 0.0930. The lowest BCUT2D eigenvalue weighted by atomic mass is 10.0. The molecule has 1 aliphatic heterocycles. The molecule has 0 spiro atoms. The van der Waals surface area contributed by atoms with Crippen LogP contribution in [0.4, 0.5) is 0 Å². The van der Waals surface area contributed by atoms with E-state index in [9.17, 15) is 4.79 Å². The molecular formula is C12H16N2O. The normalized spacial score (nSPS) is 21.1. The van der Waals surface area contributed by atoms with Gasteiger partial charge >= 0.3 is 0 Å². The topological polar surface area (TPSA) is 41.1 Å². The molecule has 0 radical (unpaired) electrons. The summed E-state index contributed by atoms with van der Waals surface area (Å²) in [5.41, 5.74) is 2.61. The van der Waals surface area contributed by atoms with E-state index in [4.69, 9.17) is 0 Å². The summed E-state index contributed by atoms with van der Waals surface area (Å²) >= 11 is 0. The number of piperazine rings is 1. The predicted molar refractivity (Wildman–Crippen MR) is 59.7 cm³/mol. The standard InChI is InChI=1S/C12H16N2O/c1-9-3-2-4-10(5-9)6-11-7-14-12(15)8-13-11/h2-5,11,13H,6-8H2,1H3,(H,14,15). The second kappa shape index (κ2) is 4.45. The van der Waals surface area contributed by atoms with Gasteiger partial charge in [0.05, 0.1) is 6.54 Å². The Morgan fingerprint density at radius 3 is 3.00 bits per heavy atom. The van der Waals surface area contributed by atoms with Crippen molar-refractivity contribution in [3.05, 3.63) is 35.4 Å². The molecule has 1 aromatic carbocycles. The summed E-state index contributed by atoms with van der Waals surface area (Å²) in [6.45, 7) is 3.27. The van der Waals surface area contributed by atoms with Crippen LogP contribution >= 0.6 is 0 Å². The molecule has 80 valence electrons. The molecule has 1 atom stereocenters.